The Kier molecular flexibility index (Phi) is 4.21. The van der Waals surface area contributed by atoms with Gasteiger partial charge in [-0.15, -0.1) is 11.3 Å². The van der Waals surface area contributed by atoms with Gasteiger partial charge < -0.3 is 9.72 Å². The maximum absolute atomic E-state index is 12.5. The molecule has 2 aromatic carbocycles. The Bertz CT molecular complexity index is 1350. The first-order valence-corrected chi connectivity index (χ1v) is 9.65. The summed E-state index contributed by atoms with van der Waals surface area (Å²) >= 11 is 1.55. The highest BCUT2D eigenvalue weighted by molar-refractivity contribution is 7.18. The molecule has 0 aliphatic carbocycles. The topological polar surface area (TPSA) is 63.7 Å². The molecule has 1 N–H and O–H groups in total. The highest BCUT2D eigenvalue weighted by Gasteiger charge is 2.15. The van der Waals surface area contributed by atoms with Crippen molar-refractivity contribution in [2.24, 2.45) is 0 Å². The van der Waals surface area contributed by atoms with Crippen molar-refractivity contribution in [1.82, 2.24) is 19.9 Å². The number of benzene rings is 2. The zero-order chi connectivity index (χ0) is 20.0. The zero-order valence-electron chi connectivity index (χ0n) is 15.2. The molecule has 0 saturated carbocycles. The molecule has 0 radical (unpaired) electrons. The van der Waals surface area contributed by atoms with E-state index in [0.29, 0.717) is 11.0 Å². The molecule has 0 unspecified atom stereocenters. The number of ether oxygens (including phenoxy) is 1. The summed E-state index contributed by atoms with van der Waals surface area (Å²) in [5.41, 5.74) is 4.99. The molecule has 0 atom stereocenters. The minimum atomic E-state index is -2.94. The fourth-order valence-electron chi connectivity index (χ4n) is 3.38. The van der Waals surface area contributed by atoms with Gasteiger partial charge in [0.1, 0.15) is 5.01 Å². The van der Waals surface area contributed by atoms with Gasteiger partial charge in [0, 0.05) is 34.4 Å². The first kappa shape index (κ1) is 17.7. The SMILES string of the molecule is Cc1cc(-c2ncc(-c3cccc4[nH]ccc34)s2)c2ncc(OC(F)F)nc2c1. The molecule has 3 aromatic heterocycles. The lowest BCUT2D eigenvalue weighted by Gasteiger charge is -2.07. The summed E-state index contributed by atoms with van der Waals surface area (Å²) in [4.78, 5) is 17.3. The van der Waals surface area contributed by atoms with Crippen LogP contribution in [0.15, 0.2) is 55.0 Å². The average Bonchev–Trinajstić information content (AvgIpc) is 3.36. The first-order valence-electron chi connectivity index (χ1n) is 8.83. The van der Waals surface area contributed by atoms with Crippen molar-refractivity contribution >= 4 is 33.3 Å². The Morgan fingerprint density at radius 2 is 1.97 bits per heavy atom. The number of halogens is 2. The number of rotatable bonds is 4. The van der Waals surface area contributed by atoms with Crippen LogP contribution in [0.1, 0.15) is 5.56 Å². The molecule has 5 rings (SSSR count). The van der Waals surface area contributed by atoms with Crippen molar-refractivity contribution in [2.45, 2.75) is 13.5 Å². The van der Waals surface area contributed by atoms with Gasteiger partial charge in [-0.05, 0) is 36.8 Å². The largest absolute Gasteiger partial charge is 0.415 e. The van der Waals surface area contributed by atoms with Gasteiger partial charge >= 0.3 is 6.61 Å². The lowest BCUT2D eigenvalue weighted by molar-refractivity contribution is -0.0528. The second-order valence-corrected chi connectivity index (χ2v) is 7.57. The molecule has 0 aliphatic rings. The summed E-state index contributed by atoms with van der Waals surface area (Å²) in [5.74, 6) is -0.206. The molecule has 5 aromatic rings. The fraction of sp³-hybridized carbons (Fsp3) is 0.0952. The first-order chi connectivity index (χ1) is 14.1. The summed E-state index contributed by atoms with van der Waals surface area (Å²) in [6, 6.07) is 11.9. The van der Waals surface area contributed by atoms with Gasteiger partial charge in [0.2, 0.25) is 5.88 Å². The third-order valence-electron chi connectivity index (χ3n) is 4.58. The molecular formula is C21H14F2N4OS. The molecule has 0 saturated heterocycles. The normalized spacial score (nSPS) is 11.6. The standard InChI is InChI=1S/C21H14F2N4OS/c1-11-7-14(19-16(8-11)27-18(10-25-19)28-21(22)23)20-26-9-17(29-20)13-3-2-4-15-12(13)5-6-24-15/h2-10,21,24H,1H3. The van der Waals surface area contributed by atoms with Crippen LogP contribution in [0, 0.1) is 6.92 Å². The van der Waals surface area contributed by atoms with Crippen molar-refractivity contribution in [3.63, 3.8) is 0 Å². The Morgan fingerprint density at radius 1 is 1.07 bits per heavy atom. The van der Waals surface area contributed by atoms with Crippen LogP contribution in [0.25, 0.3) is 42.9 Å². The quantitative estimate of drug-likeness (QED) is 0.407. The molecule has 0 spiro atoms. The second kappa shape index (κ2) is 6.89. The maximum Gasteiger partial charge on any atom is 0.388 e. The van der Waals surface area contributed by atoms with E-state index in [1.165, 1.54) is 6.20 Å². The smallest absolute Gasteiger partial charge is 0.388 e. The van der Waals surface area contributed by atoms with Crippen LogP contribution in [-0.4, -0.2) is 26.5 Å². The number of nitrogens with zero attached hydrogens (tertiary/aromatic N) is 3. The van der Waals surface area contributed by atoms with Crippen molar-refractivity contribution in [2.75, 3.05) is 0 Å². The van der Waals surface area contributed by atoms with E-state index >= 15 is 0 Å². The van der Waals surface area contributed by atoms with E-state index in [1.807, 2.05) is 43.6 Å². The van der Waals surface area contributed by atoms with Crippen molar-refractivity contribution in [3.05, 3.63) is 60.6 Å². The van der Waals surface area contributed by atoms with Gasteiger partial charge in [-0.25, -0.2) is 15.0 Å². The van der Waals surface area contributed by atoms with E-state index in [-0.39, 0.29) is 5.88 Å². The van der Waals surface area contributed by atoms with Crippen molar-refractivity contribution < 1.29 is 13.5 Å². The van der Waals surface area contributed by atoms with Crippen LogP contribution in [0.2, 0.25) is 0 Å². The number of H-pyrrole nitrogens is 1. The van der Waals surface area contributed by atoms with E-state index in [9.17, 15) is 8.78 Å². The Hall–Kier alpha value is -3.39. The average molecular weight is 408 g/mol. The third kappa shape index (κ3) is 3.21. The van der Waals surface area contributed by atoms with Crippen molar-refractivity contribution in [1.29, 1.82) is 0 Å². The van der Waals surface area contributed by atoms with Crippen molar-refractivity contribution in [3.8, 4) is 26.9 Å². The highest BCUT2D eigenvalue weighted by Crippen LogP contribution is 2.38. The number of nitrogens with one attached hydrogen (secondary N) is 1. The Labute approximate surface area is 168 Å². The van der Waals surface area contributed by atoms with Crippen LogP contribution in [0.5, 0.6) is 5.88 Å². The number of hydrogen-bond acceptors (Lipinski definition) is 5. The van der Waals surface area contributed by atoms with Gasteiger partial charge in [-0.1, -0.05) is 12.1 Å². The van der Waals surface area contributed by atoms with Crippen LogP contribution in [0.3, 0.4) is 0 Å². The minimum absolute atomic E-state index is 0.206. The van der Waals surface area contributed by atoms with Crippen LogP contribution >= 0.6 is 11.3 Å². The van der Waals surface area contributed by atoms with Gasteiger partial charge in [-0.2, -0.15) is 8.78 Å². The molecular weight excluding hydrogens is 394 g/mol. The summed E-state index contributed by atoms with van der Waals surface area (Å²) < 4.78 is 29.4. The number of alkyl halides is 2. The zero-order valence-corrected chi connectivity index (χ0v) is 16.0. The summed E-state index contributed by atoms with van der Waals surface area (Å²) in [5, 5.41) is 1.92. The summed E-state index contributed by atoms with van der Waals surface area (Å²) in [6.07, 6.45) is 4.97. The van der Waals surface area contributed by atoms with Gasteiger partial charge in [-0.3, -0.25) is 0 Å². The van der Waals surface area contributed by atoms with Gasteiger partial charge in [0.25, 0.3) is 0 Å². The van der Waals surface area contributed by atoms with Gasteiger partial charge in [0.05, 0.1) is 22.1 Å². The number of hydrogen-bond donors (Lipinski definition) is 1. The second-order valence-electron chi connectivity index (χ2n) is 6.54. The van der Waals surface area contributed by atoms with Crippen LogP contribution in [0.4, 0.5) is 8.78 Å². The van der Waals surface area contributed by atoms with E-state index in [4.69, 9.17) is 0 Å². The lowest BCUT2D eigenvalue weighted by Crippen LogP contribution is -2.04. The monoisotopic (exact) mass is 408 g/mol. The molecule has 8 heteroatoms. The lowest BCUT2D eigenvalue weighted by atomic mass is 10.1. The van der Waals surface area contributed by atoms with E-state index in [0.717, 1.165) is 37.5 Å². The molecule has 144 valence electrons. The maximum atomic E-state index is 12.5. The summed E-state index contributed by atoms with van der Waals surface area (Å²) in [6.45, 7) is -1.02. The number of aromatic nitrogens is 4. The highest BCUT2D eigenvalue weighted by atomic mass is 32.1. The number of fused-ring (bicyclic) bond motifs is 2. The molecule has 0 bridgehead atoms. The Balaban J connectivity index is 1.62. The van der Waals surface area contributed by atoms with E-state index in [2.05, 4.69) is 30.7 Å². The number of thiazole rings is 1. The minimum Gasteiger partial charge on any atom is -0.415 e. The van der Waals surface area contributed by atoms with Crippen LogP contribution in [-0.2, 0) is 0 Å². The molecule has 5 nitrogen and oxygen atoms in total. The molecule has 0 fully saturated rings. The molecule has 0 aliphatic heterocycles. The third-order valence-corrected chi connectivity index (χ3v) is 5.64. The van der Waals surface area contributed by atoms with E-state index in [1.54, 1.807) is 17.4 Å². The Morgan fingerprint density at radius 3 is 2.83 bits per heavy atom. The fourth-order valence-corrected chi connectivity index (χ4v) is 4.36. The predicted octanol–water partition coefficient (Wildman–Crippen LogP) is 5.81. The van der Waals surface area contributed by atoms with Gasteiger partial charge in [0.15, 0.2) is 0 Å². The number of aromatic amines is 1. The molecule has 0 amide bonds. The molecule has 29 heavy (non-hydrogen) atoms. The number of aryl methyl sites for hydroxylation is 1. The van der Waals surface area contributed by atoms with E-state index < -0.39 is 6.61 Å². The van der Waals surface area contributed by atoms with Crippen LogP contribution < -0.4 is 4.74 Å². The summed E-state index contributed by atoms with van der Waals surface area (Å²) in [7, 11) is 0. The molecule has 3 heterocycles. The predicted molar refractivity (Wildman–Crippen MR) is 109 cm³/mol.